The van der Waals surface area contributed by atoms with E-state index < -0.39 is 6.03 Å². The second-order valence-electron chi connectivity index (χ2n) is 2.55. The van der Waals surface area contributed by atoms with Crippen molar-refractivity contribution < 1.29 is 9.59 Å². The van der Waals surface area contributed by atoms with E-state index in [4.69, 9.17) is 0 Å². The summed E-state index contributed by atoms with van der Waals surface area (Å²) in [6.45, 7) is 4.45. The molecule has 0 aromatic heterocycles. The van der Waals surface area contributed by atoms with Gasteiger partial charge in [0.15, 0.2) is 0 Å². The number of rotatable bonds is 4. The molecule has 0 fully saturated rings. The van der Waals surface area contributed by atoms with Crippen molar-refractivity contribution in [1.82, 2.24) is 10.6 Å². The SMILES string of the molecule is CCCNC(=O)NC(=O)CCC. The van der Waals surface area contributed by atoms with E-state index >= 15 is 0 Å². The largest absolute Gasteiger partial charge is 0.338 e. The van der Waals surface area contributed by atoms with Crippen LogP contribution in [-0.4, -0.2) is 18.5 Å². The smallest absolute Gasteiger partial charge is 0.321 e. The van der Waals surface area contributed by atoms with Gasteiger partial charge in [-0.1, -0.05) is 13.8 Å². The summed E-state index contributed by atoms with van der Waals surface area (Å²) in [6, 6.07) is -0.393. The Labute approximate surface area is 72.7 Å². The maximum Gasteiger partial charge on any atom is 0.321 e. The number of hydrogen-bond acceptors (Lipinski definition) is 2. The van der Waals surface area contributed by atoms with Crippen LogP contribution in [0.15, 0.2) is 0 Å². The van der Waals surface area contributed by atoms with Gasteiger partial charge in [-0.3, -0.25) is 10.1 Å². The van der Waals surface area contributed by atoms with Gasteiger partial charge in [0.05, 0.1) is 0 Å². The van der Waals surface area contributed by atoms with E-state index in [1.807, 2.05) is 13.8 Å². The highest BCUT2D eigenvalue weighted by atomic mass is 16.2. The van der Waals surface area contributed by atoms with E-state index in [0.717, 1.165) is 12.8 Å². The number of hydrogen-bond donors (Lipinski definition) is 2. The average molecular weight is 172 g/mol. The van der Waals surface area contributed by atoms with Gasteiger partial charge in [-0.25, -0.2) is 4.79 Å². The zero-order valence-corrected chi connectivity index (χ0v) is 7.64. The molecule has 0 atom stereocenters. The Morgan fingerprint density at radius 3 is 2.33 bits per heavy atom. The molecule has 12 heavy (non-hydrogen) atoms. The number of carbonyl (C=O) groups excluding carboxylic acids is 2. The normalized spacial score (nSPS) is 9.17. The third-order valence-corrected chi connectivity index (χ3v) is 1.27. The molecule has 0 aliphatic rings. The molecule has 0 aliphatic carbocycles. The minimum Gasteiger partial charge on any atom is -0.338 e. The summed E-state index contributed by atoms with van der Waals surface area (Å²) in [5.74, 6) is -0.217. The first-order valence-electron chi connectivity index (χ1n) is 4.28. The topological polar surface area (TPSA) is 58.2 Å². The lowest BCUT2D eigenvalue weighted by atomic mass is 10.3. The maximum absolute atomic E-state index is 10.8. The minimum absolute atomic E-state index is 0.217. The Hall–Kier alpha value is -1.06. The van der Waals surface area contributed by atoms with Crippen molar-refractivity contribution in [1.29, 1.82) is 0 Å². The summed E-state index contributed by atoms with van der Waals surface area (Å²) in [6.07, 6.45) is 2.03. The molecule has 3 amide bonds. The fourth-order valence-electron chi connectivity index (χ4n) is 0.699. The van der Waals surface area contributed by atoms with Crippen LogP contribution in [0, 0.1) is 0 Å². The molecule has 0 saturated carbocycles. The Kier molecular flexibility index (Phi) is 6.05. The number of nitrogens with one attached hydrogen (secondary N) is 2. The van der Waals surface area contributed by atoms with Crippen molar-refractivity contribution in [2.75, 3.05) is 6.54 Å². The van der Waals surface area contributed by atoms with Crippen molar-refractivity contribution in [3.8, 4) is 0 Å². The van der Waals surface area contributed by atoms with Crippen LogP contribution in [0.4, 0.5) is 4.79 Å². The Morgan fingerprint density at radius 2 is 1.83 bits per heavy atom. The summed E-state index contributed by atoms with van der Waals surface area (Å²) in [5.41, 5.74) is 0. The summed E-state index contributed by atoms with van der Waals surface area (Å²) in [7, 11) is 0. The first-order chi connectivity index (χ1) is 5.70. The van der Waals surface area contributed by atoms with Crippen molar-refractivity contribution in [2.24, 2.45) is 0 Å². The third kappa shape index (κ3) is 5.70. The molecule has 0 aromatic carbocycles. The van der Waals surface area contributed by atoms with Crippen LogP contribution in [0.1, 0.15) is 33.1 Å². The highest BCUT2D eigenvalue weighted by Gasteiger charge is 2.03. The quantitative estimate of drug-likeness (QED) is 0.665. The number of amides is 3. The molecule has 4 heteroatoms. The molecule has 70 valence electrons. The van der Waals surface area contributed by atoms with Crippen molar-refractivity contribution in [2.45, 2.75) is 33.1 Å². The van der Waals surface area contributed by atoms with E-state index in [-0.39, 0.29) is 5.91 Å². The van der Waals surface area contributed by atoms with Gasteiger partial charge in [-0.2, -0.15) is 0 Å². The number of imide groups is 1. The summed E-state index contributed by atoms with van der Waals surface area (Å²) >= 11 is 0. The Morgan fingerprint density at radius 1 is 1.17 bits per heavy atom. The van der Waals surface area contributed by atoms with Gasteiger partial charge >= 0.3 is 6.03 Å². The van der Waals surface area contributed by atoms with Crippen LogP contribution < -0.4 is 10.6 Å². The second kappa shape index (κ2) is 6.64. The lowest BCUT2D eigenvalue weighted by molar-refractivity contribution is -0.120. The fraction of sp³-hybridized carbons (Fsp3) is 0.750. The second-order valence-corrected chi connectivity index (χ2v) is 2.55. The van der Waals surface area contributed by atoms with Crippen molar-refractivity contribution in [3.05, 3.63) is 0 Å². The van der Waals surface area contributed by atoms with Crippen LogP contribution in [0.2, 0.25) is 0 Å². The Bertz CT molecular complexity index is 157. The standard InChI is InChI=1S/C8H16N2O2/c1-3-5-7(11)10-8(12)9-6-4-2/h3-6H2,1-2H3,(H2,9,10,11,12). The monoisotopic (exact) mass is 172 g/mol. The van der Waals surface area contributed by atoms with Crippen LogP contribution in [-0.2, 0) is 4.79 Å². The van der Waals surface area contributed by atoms with Gasteiger partial charge in [0.25, 0.3) is 0 Å². The molecule has 0 radical (unpaired) electrons. The third-order valence-electron chi connectivity index (χ3n) is 1.27. The summed E-state index contributed by atoms with van der Waals surface area (Å²) in [5, 5.41) is 4.78. The van der Waals surface area contributed by atoms with Gasteiger partial charge in [0.2, 0.25) is 5.91 Å². The van der Waals surface area contributed by atoms with Gasteiger partial charge in [0, 0.05) is 13.0 Å². The molecule has 0 aromatic rings. The van der Waals surface area contributed by atoms with Gasteiger partial charge in [-0.05, 0) is 12.8 Å². The van der Waals surface area contributed by atoms with E-state index in [9.17, 15) is 9.59 Å². The summed E-state index contributed by atoms with van der Waals surface area (Å²) < 4.78 is 0. The van der Waals surface area contributed by atoms with Crippen molar-refractivity contribution in [3.63, 3.8) is 0 Å². The molecule has 0 aliphatic heterocycles. The molecule has 2 N–H and O–H groups in total. The lowest BCUT2D eigenvalue weighted by Gasteiger charge is -2.03. The minimum atomic E-state index is -0.393. The molecule has 0 unspecified atom stereocenters. The molecule has 0 saturated heterocycles. The van der Waals surface area contributed by atoms with Gasteiger partial charge < -0.3 is 5.32 Å². The highest BCUT2D eigenvalue weighted by Crippen LogP contribution is 1.84. The van der Waals surface area contributed by atoms with Gasteiger partial charge in [0.1, 0.15) is 0 Å². The predicted octanol–water partition coefficient (Wildman–Crippen LogP) is 1.02. The number of carbonyl (C=O) groups is 2. The summed E-state index contributed by atoms with van der Waals surface area (Å²) in [4.78, 5) is 21.7. The van der Waals surface area contributed by atoms with Crippen LogP contribution in [0.25, 0.3) is 0 Å². The van der Waals surface area contributed by atoms with E-state index in [1.54, 1.807) is 0 Å². The highest BCUT2D eigenvalue weighted by molar-refractivity contribution is 5.94. The molecular formula is C8H16N2O2. The zero-order chi connectivity index (χ0) is 9.40. The predicted molar refractivity (Wildman–Crippen MR) is 46.7 cm³/mol. The van der Waals surface area contributed by atoms with Crippen LogP contribution in [0.5, 0.6) is 0 Å². The van der Waals surface area contributed by atoms with Crippen molar-refractivity contribution >= 4 is 11.9 Å². The first-order valence-corrected chi connectivity index (χ1v) is 4.28. The van der Waals surface area contributed by atoms with E-state index in [0.29, 0.717) is 13.0 Å². The molecule has 0 heterocycles. The molecule has 0 rings (SSSR count). The Balaban J connectivity index is 3.47. The van der Waals surface area contributed by atoms with Crippen LogP contribution >= 0.6 is 0 Å². The molecule has 0 bridgehead atoms. The van der Waals surface area contributed by atoms with E-state index in [2.05, 4.69) is 10.6 Å². The average Bonchev–Trinajstić information content (AvgIpc) is 2.01. The molecular weight excluding hydrogens is 156 g/mol. The fourth-order valence-corrected chi connectivity index (χ4v) is 0.699. The number of urea groups is 1. The molecule has 0 spiro atoms. The van der Waals surface area contributed by atoms with Gasteiger partial charge in [-0.15, -0.1) is 0 Å². The lowest BCUT2D eigenvalue weighted by Crippen LogP contribution is -2.39. The first kappa shape index (κ1) is 10.9. The maximum atomic E-state index is 10.8. The van der Waals surface area contributed by atoms with Crippen LogP contribution in [0.3, 0.4) is 0 Å². The van der Waals surface area contributed by atoms with E-state index in [1.165, 1.54) is 0 Å². The zero-order valence-electron chi connectivity index (χ0n) is 7.64. The molecule has 4 nitrogen and oxygen atoms in total.